The molecule has 3 aromatic rings. The Labute approximate surface area is 197 Å². The number of aryl methyl sites for hydroxylation is 1. The van der Waals surface area contributed by atoms with Gasteiger partial charge in [-0.15, -0.1) is 4.99 Å². The Morgan fingerprint density at radius 3 is 2.40 bits per heavy atom. The van der Waals surface area contributed by atoms with E-state index in [4.69, 9.17) is 4.74 Å². The summed E-state index contributed by atoms with van der Waals surface area (Å²) in [5.74, 6) is -2.55. The zero-order valence-electron chi connectivity index (χ0n) is 19.2. The summed E-state index contributed by atoms with van der Waals surface area (Å²) >= 11 is 0. The van der Waals surface area contributed by atoms with Crippen molar-refractivity contribution in [3.63, 3.8) is 0 Å². The molecule has 12 heteroatoms. The quantitative estimate of drug-likeness (QED) is 0.534. The zero-order chi connectivity index (χ0) is 26.1. The van der Waals surface area contributed by atoms with Gasteiger partial charge in [0.2, 0.25) is 5.62 Å². The standard InChI is InChI=1S/C23H22F4N4O4/c1-22(2,3)35-21(34)29-20-30(4)7-8-31(20)12-13-9-17(28-18(10-13)19(32)33)15-6-5-14(24)11-16(15)23(25,26)27/h5-11H,12H2,1-4H3,(H,32,33). The van der Waals surface area contributed by atoms with Crippen molar-refractivity contribution in [2.75, 3.05) is 0 Å². The van der Waals surface area contributed by atoms with Crippen LogP contribution in [0.15, 0.2) is 47.7 Å². The fourth-order valence-corrected chi connectivity index (χ4v) is 3.25. The summed E-state index contributed by atoms with van der Waals surface area (Å²) < 4.78 is 62.4. The van der Waals surface area contributed by atoms with Gasteiger partial charge >= 0.3 is 18.2 Å². The molecule has 35 heavy (non-hydrogen) atoms. The van der Waals surface area contributed by atoms with Crippen molar-refractivity contribution in [3.05, 3.63) is 71.0 Å². The SMILES string of the molecule is Cn1ccn(Cc2cc(C(=O)O)nc(-c3ccc(F)cc3C(F)(F)F)c2)c1=NC(=O)OC(C)(C)C. The van der Waals surface area contributed by atoms with Gasteiger partial charge in [-0.25, -0.2) is 19.0 Å². The number of hydrogen-bond acceptors (Lipinski definition) is 4. The molecule has 0 fully saturated rings. The first-order valence-electron chi connectivity index (χ1n) is 10.2. The molecule has 186 valence electrons. The molecule has 0 aliphatic heterocycles. The Morgan fingerprint density at radius 1 is 1.11 bits per heavy atom. The van der Waals surface area contributed by atoms with Gasteiger partial charge in [0.15, 0.2) is 0 Å². The maximum absolute atomic E-state index is 13.6. The van der Waals surface area contributed by atoms with Gasteiger partial charge in [0, 0.05) is 25.0 Å². The number of carboxylic acids is 1. The van der Waals surface area contributed by atoms with Crippen LogP contribution in [0.4, 0.5) is 22.4 Å². The third-order valence-electron chi connectivity index (χ3n) is 4.65. The van der Waals surface area contributed by atoms with Crippen molar-refractivity contribution in [1.29, 1.82) is 0 Å². The molecule has 0 atom stereocenters. The van der Waals surface area contributed by atoms with Gasteiger partial charge in [-0.2, -0.15) is 13.2 Å². The number of carbonyl (C=O) groups excluding carboxylic acids is 1. The molecular weight excluding hydrogens is 472 g/mol. The van der Waals surface area contributed by atoms with Gasteiger partial charge < -0.3 is 19.0 Å². The van der Waals surface area contributed by atoms with E-state index in [9.17, 15) is 32.3 Å². The Bertz CT molecular complexity index is 1350. The van der Waals surface area contributed by atoms with Gasteiger partial charge in [-0.3, -0.25) is 0 Å². The van der Waals surface area contributed by atoms with E-state index in [1.807, 2.05) is 0 Å². The van der Waals surface area contributed by atoms with Crippen molar-refractivity contribution in [2.45, 2.75) is 39.1 Å². The van der Waals surface area contributed by atoms with Crippen LogP contribution in [0.25, 0.3) is 11.3 Å². The van der Waals surface area contributed by atoms with Crippen LogP contribution in [0.1, 0.15) is 42.4 Å². The molecule has 0 aliphatic carbocycles. The molecule has 0 spiro atoms. The number of aromatic carboxylic acids is 1. The van der Waals surface area contributed by atoms with E-state index in [0.717, 1.165) is 12.1 Å². The number of rotatable bonds is 4. The normalized spacial score (nSPS) is 12.6. The maximum Gasteiger partial charge on any atom is 0.437 e. The molecule has 2 aromatic heterocycles. The molecule has 2 heterocycles. The number of imidazole rings is 1. The Kier molecular flexibility index (Phi) is 6.86. The number of ether oxygens (including phenoxy) is 1. The highest BCUT2D eigenvalue weighted by atomic mass is 19.4. The van der Waals surface area contributed by atoms with E-state index in [0.29, 0.717) is 6.07 Å². The van der Waals surface area contributed by atoms with Crippen molar-refractivity contribution in [2.24, 2.45) is 12.0 Å². The lowest BCUT2D eigenvalue weighted by atomic mass is 10.0. The molecule has 1 N–H and O–H groups in total. The smallest absolute Gasteiger partial charge is 0.437 e. The van der Waals surface area contributed by atoms with E-state index in [2.05, 4.69) is 9.98 Å². The highest BCUT2D eigenvalue weighted by molar-refractivity contribution is 5.86. The predicted molar refractivity (Wildman–Crippen MR) is 116 cm³/mol. The van der Waals surface area contributed by atoms with Gasteiger partial charge in [0.25, 0.3) is 0 Å². The number of aromatic nitrogens is 3. The second-order valence-corrected chi connectivity index (χ2v) is 8.67. The van der Waals surface area contributed by atoms with E-state index < -0.39 is 46.5 Å². The minimum atomic E-state index is -4.90. The maximum atomic E-state index is 13.6. The number of amides is 1. The summed E-state index contributed by atoms with van der Waals surface area (Å²) in [7, 11) is 1.62. The number of benzene rings is 1. The lowest BCUT2D eigenvalue weighted by molar-refractivity contribution is -0.137. The molecule has 1 aromatic carbocycles. The average Bonchev–Trinajstić information content (AvgIpc) is 3.04. The molecule has 0 aliphatic rings. The topological polar surface area (TPSA) is 98.7 Å². The number of halogens is 4. The van der Waals surface area contributed by atoms with Crippen LogP contribution in [0.3, 0.4) is 0 Å². The average molecular weight is 494 g/mol. The summed E-state index contributed by atoms with van der Waals surface area (Å²) in [5.41, 5.74) is -2.91. The molecule has 0 saturated carbocycles. The van der Waals surface area contributed by atoms with Crippen molar-refractivity contribution in [3.8, 4) is 11.3 Å². The first kappa shape index (κ1) is 25.7. The Morgan fingerprint density at radius 2 is 1.80 bits per heavy atom. The fourth-order valence-electron chi connectivity index (χ4n) is 3.25. The molecule has 0 saturated heterocycles. The second-order valence-electron chi connectivity index (χ2n) is 8.67. The number of alkyl halides is 3. The number of nitrogens with zero attached hydrogens (tertiary/aromatic N) is 4. The monoisotopic (exact) mass is 494 g/mol. The molecule has 8 nitrogen and oxygen atoms in total. The van der Waals surface area contributed by atoms with Gasteiger partial charge in [0.1, 0.15) is 17.1 Å². The van der Waals surface area contributed by atoms with Crippen molar-refractivity contribution in [1.82, 2.24) is 14.1 Å². The first-order chi connectivity index (χ1) is 16.1. The lowest BCUT2D eigenvalue weighted by Crippen LogP contribution is -2.29. The highest BCUT2D eigenvalue weighted by Gasteiger charge is 2.34. The molecular formula is C23H22F4N4O4. The van der Waals surface area contributed by atoms with Crippen LogP contribution in [0.2, 0.25) is 0 Å². The summed E-state index contributed by atoms with van der Waals surface area (Å²) in [4.78, 5) is 31.6. The molecule has 1 amide bonds. The van der Waals surface area contributed by atoms with E-state index in [-0.39, 0.29) is 23.4 Å². The molecule has 0 radical (unpaired) electrons. The van der Waals surface area contributed by atoms with Gasteiger partial charge in [-0.05, 0) is 56.7 Å². The summed E-state index contributed by atoms with van der Waals surface area (Å²) in [6, 6.07) is 4.53. The number of hydrogen-bond donors (Lipinski definition) is 1. The molecule has 3 rings (SSSR count). The lowest BCUT2D eigenvalue weighted by Gasteiger charge is -2.17. The van der Waals surface area contributed by atoms with E-state index in [1.54, 1.807) is 40.2 Å². The van der Waals surface area contributed by atoms with Crippen molar-refractivity contribution < 1.29 is 37.0 Å². The van der Waals surface area contributed by atoms with Gasteiger partial charge in [0.05, 0.1) is 17.8 Å². The van der Waals surface area contributed by atoms with E-state index >= 15 is 0 Å². The third kappa shape index (κ3) is 6.34. The fraction of sp³-hybridized carbons (Fsp3) is 0.304. The Hall–Kier alpha value is -3.96. The van der Waals surface area contributed by atoms with Crippen molar-refractivity contribution >= 4 is 12.1 Å². The van der Waals surface area contributed by atoms with Crippen LogP contribution in [-0.2, 0) is 24.5 Å². The first-order valence-corrected chi connectivity index (χ1v) is 10.2. The highest BCUT2D eigenvalue weighted by Crippen LogP contribution is 2.37. The summed E-state index contributed by atoms with van der Waals surface area (Å²) in [6.07, 6.45) is -2.60. The van der Waals surface area contributed by atoms with Crippen LogP contribution in [0.5, 0.6) is 0 Å². The van der Waals surface area contributed by atoms with Crippen LogP contribution < -0.4 is 5.62 Å². The number of carbonyl (C=O) groups is 2. The molecule has 0 bridgehead atoms. The number of carboxylic acid groups (broad SMARTS) is 1. The summed E-state index contributed by atoms with van der Waals surface area (Å²) in [6.45, 7) is 4.98. The third-order valence-corrected chi connectivity index (χ3v) is 4.65. The van der Waals surface area contributed by atoms with Crippen LogP contribution in [0, 0.1) is 5.82 Å². The Balaban J connectivity index is 2.11. The van der Waals surface area contributed by atoms with Crippen LogP contribution in [-0.4, -0.2) is 36.9 Å². The predicted octanol–water partition coefficient (Wildman–Crippen LogP) is 4.63. The minimum absolute atomic E-state index is 0.0547. The summed E-state index contributed by atoms with van der Waals surface area (Å²) in [5, 5.41) is 9.47. The molecule has 0 unspecified atom stereocenters. The van der Waals surface area contributed by atoms with E-state index in [1.165, 1.54) is 21.3 Å². The minimum Gasteiger partial charge on any atom is -0.477 e. The number of pyridine rings is 1. The largest absolute Gasteiger partial charge is 0.477 e. The van der Waals surface area contributed by atoms with Crippen LogP contribution >= 0.6 is 0 Å². The zero-order valence-corrected chi connectivity index (χ0v) is 19.2. The second kappa shape index (κ2) is 9.35. The van der Waals surface area contributed by atoms with Gasteiger partial charge in [-0.1, -0.05) is 0 Å².